The molecule has 0 unspecified atom stereocenters. The average molecular weight is 509 g/mol. The molecule has 0 N–H and O–H groups in total. The zero-order valence-corrected chi connectivity index (χ0v) is 23.4. The lowest BCUT2D eigenvalue weighted by Crippen LogP contribution is -1.92. The van der Waals surface area contributed by atoms with Crippen molar-refractivity contribution in [3.05, 3.63) is 100 Å². The molecule has 0 amide bonds. The third kappa shape index (κ3) is 8.52. The summed E-state index contributed by atoms with van der Waals surface area (Å²) in [7, 11) is 3.36. The molecule has 0 bridgehead atoms. The van der Waals surface area contributed by atoms with Gasteiger partial charge >= 0.3 is 0 Å². The highest BCUT2D eigenvalue weighted by Crippen LogP contribution is 2.33. The van der Waals surface area contributed by atoms with Crippen molar-refractivity contribution in [3.8, 4) is 35.2 Å². The second-order valence-corrected chi connectivity index (χ2v) is 9.94. The van der Waals surface area contributed by atoms with Gasteiger partial charge in [0.15, 0.2) is 0 Å². The van der Waals surface area contributed by atoms with Crippen LogP contribution in [0.2, 0.25) is 0 Å². The maximum absolute atomic E-state index is 5.40. The molecule has 0 saturated heterocycles. The Kier molecular flexibility index (Phi) is 11.3. The highest BCUT2D eigenvalue weighted by atomic mass is 32.2. The Morgan fingerprint density at radius 2 is 1.32 bits per heavy atom. The maximum atomic E-state index is 5.40. The van der Waals surface area contributed by atoms with Gasteiger partial charge in [0.2, 0.25) is 0 Å². The van der Waals surface area contributed by atoms with Gasteiger partial charge in [0.05, 0.1) is 19.8 Å². The van der Waals surface area contributed by atoms with Crippen LogP contribution < -0.4 is 9.47 Å². The molecule has 0 fully saturated rings. The summed E-state index contributed by atoms with van der Waals surface area (Å²) < 4.78 is 10.7. The van der Waals surface area contributed by atoms with Gasteiger partial charge in [-0.15, -0.1) is 11.8 Å². The highest BCUT2D eigenvalue weighted by Gasteiger charge is 2.09. The van der Waals surface area contributed by atoms with E-state index < -0.39 is 0 Å². The molecule has 2 nitrogen and oxygen atoms in total. The average Bonchev–Trinajstić information content (AvgIpc) is 2.93. The Balaban J connectivity index is 2.12. The van der Waals surface area contributed by atoms with Gasteiger partial charge in [-0.3, -0.25) is 0 Å². The van der Waals surface area contributed by atoms with E-state index in [2.05, 4.69) is 74.8 Å². The molecule has 0 atom stereocenters. The van der Waals surface area contributed by atoms with Crippen LogP contribution in [0.3, 0.4) is 0 Å². The van der Waals surface area contributed by atoms with E-state index in [0.29, 0.717) is 0 Å². The summed E-state index contributed by atoms with van der Waals surface area (Å²) in [4.78, 5) is 1.11. The van der Waals surface area contributed by atoms with Crippen LogP contribution in [0.5, 0.6) is 11.5 Å². The predicted molar refractivity (Wildman–Crippen MR) is 159 cm³/mol. The standard InChI is InChI=1S/C34H36O2S/c1-6-7-8-9-25-37-34(30-17-22-32(36-5)23-18-30)29(16-13-28-14-20-31(35-4)21-15-28)19-24-33-26(2)11-10-12-27(33)3/h10-12,14-15,17-18,20-23H,6-9,25H2,1-5H3/b34-29-. The Bertz CT molecular complexity index is 1290. The number of hydrogen-bond acceptors (Lipinski definition) is 3. The fraction of sp³-hybridized carbons (Fsp3) is 0.294. The first-order valence-corrected chi connectivity index (χ1v) is 13.8. The molecule has 37 heavy (non-hydrogen) atoms. The zero-order chi connectivity index (χ0) is 26.5. The van der Waals surface area contributed by atoms with E-state index in [0.717, 1.165) is 44.4 Å². The Labute approximate surface area is 227 Å². The number of ether oxygens (including phenoxy) is 2. The van der Waals surface area contributed by atoms with Crippen molar-refractivity contribution in [2.24, 2.45) is 0 Å². The van der Waals surface area contributed by atoms with Crippen LogP contribution in [-0.2, 0) is 0 Å². The minimum Gasteiger partial charge on any atom is -0.497 e. The van der Waals surface area contributed by atoms with E-state index >= 15 is 0 Å². The molecule has 190 valence electrons. The van der Waals surface area contributed by atoms with Crippen molar-refractivity contribution in [1.29, 1.82) is 0 Å². The third-order valence-corrected chi connectivity index (χ3v) is 7.26. The summed E-state index contributed by atoms with van der Waals surface area (Å²) in [6, 6.07) is 22.3. The van der Waals surface area contributed by atoms with Crippen LogP contribution in [0.4, 0.5) is 0 Å². The molecule has 3 aromatic rings. The van der Waals surface area contributed by atoms with Crippen molar-refractivity contribution in [3.63, 3.8) is 0 Å². The molecule has 0 aliphatic carbocycles. The Morgan fingerprint density at radius 3 is 1.92 bits per heavy atom. The number of methoxy groups -OCH3 is 2. The van der Waals surface area contributed by atoms with Crippen molar-refractivity contribution < 1.29 is 9.47 Å². The number of allylic oxidation sites excluding steroid dienone is 1. The fourth-order valence-corrected chi connectivity index (χ4v) is 4.94. The summed E-state index contributed by atoms with van der Waals surface area (Å²) in [6.07, 6.45) is 4.90. The Hall–Kier alpha value is -3.53. The van der Waals surface area contributed by atoms with Gasteiger partial charge in [0.1, 0.15) is 11.5 Å². The largest absolute Gasteiger partial charge is 0.497 e. The number of rotatable bonds is 9. The first kappa shape index (κ1) is 28.0. The van der Waals surface area contributed by atoms with Crippen LogP contribution in [0, 0.1) is 37.5 Å². The van der Waals surface area contributed by atoms with Crippen molar-refractivity contribution in [1.82, 2.24) is 0 Å². The molecule has 0 radical (unpaired) electrons. The lowest BCUT2D eigenvalue weighted by molar-refractivity contribution is 0.414. The van der Waals surface area contributed by atoms with Crippen molar-refractivity contribution in [2.75, 3.05) is 20.0 Å². The molecule has 3 aromatic carbocycles. The normalized spacial score (nSPS) is 10.9. The molecule has 0 heterocycles. The zero-order valence-electron chi connectivity index (χ0n) is 22.6. The molecule has 0 aromatic heterocycles. The monoisotopic (exact) mass is 508 g/mol. The number of unbranched alkanes of at least 4 members (excludes halogenated alkanes) is 3. The van der Waals surface area contributed by atoms with Crippen molar-refractivity contribution in [2.45, 2.75) is 46.5 Å². The van der Waals surface area contributed by atoms with E-state index in [-0.39, 0.29) is 0 Å². The summed E-state index contributed by atoms with van der Waals surface area (Å²) in [5.74, 6) is 16.4. The van der Waals surface area contributed by atoms with Crippen LogP contribution >= 0.6 is 11.8 Å². The lowest BCUT2D eigenvalue weighted by Gasteiger charge is -2.10. The fourth-order valence-electron chi connectivity index (χ4n) is 3.84. The molecule has 0 saturated carbocycles. The summed E-state index contributed by atoms with van der Waals surface area (Å²) >= 11 is 1.85. The van der Waals surface area contributed by atoms with Crippen LogP contribution in [-0.4, -0.2) is 20.0 Å². The second-order valence-electron chi connectivity index (χ2n) is 8.84. The van der Waals surface area contributed by atoms with E-state index in [9.17, 15) is 0 Å². The van der Waals surface area contributed by atoms with Crippen LogP contribution in [0.15, 0.2) is 72.3 Å². The lowest BCUT2D eigenvalue weighted by atomic mass is 10.0. The minimum atomic E-state index is 0.817. The first-order chi connectivity index (χ1) is 18.0. The molecule has 3 rings (SSSR count). The van der Waals surface area contributed by atoms with Gasteiger partial charge in [-0.05, 0) is 79.1 Å². The highest BCUT2D eigenvalue weighted by molar-refractivity contribution is 8.08. The van der Waals surface area contributed by atoms with Crippen molar-refractivity contribution >= 4 is 16.7 Å². The summed E-state index contributed by atoms with van der Waals surface area (Å²) in [5.41, 5.74) is 6.28. The third-order valence-electron chi connectivity index (χ3n) is 6.04. The molecule has 0 spiro atoms. The number of benzene rings is 3. The van der Waals surface area contributed by atoms with Crippen LogP contribution in [0.1, 0.15) is 60.4 Å². The van der Waals surface area contributed by atoms with Gasteiger partial charge in [-0.1, -0.05) is 80.2 Å². The molecule has 0 aliphatic heterocycles. The number of thioether (sulfide) groups is 1. The minimum absolute atomic E-state index is 0.817. The molecule has 0 aliphatic rings. The molecule has 3 heteroatoms. The van der Waals surface area contributed by atoms with E-state index in [4.69, 9.17) is 9.47 Å². The molecular weight excluding hydrogens is 472 g/mol. The quantitative estimate of drug-likeness (QED) is 0.213. The smallest absolute Gasteiger partial charge is 0.118 e. The SMILES string of the molecule is CCCCCCS/C(=C(/C#Cc1ccc(OC)cc1)C#Cc1c(C)cccc1C)c1ccc(OC)cc1. The van der Waals surface area contributed by atoms with E-state index in [1.807, 2.05) is 48.2 Å². The van der Waals surface area contributed by atoms with Gasteiger partial charge in [0.25, 0.3) is 0 Å². The van der Waals surface area contributed by atoms with E-state index in [1.165, 1.54) is 36.8 Å². The van der Waals surface area contributed by atoms with Gasteiger partial charge < -0.3 is 9.47 Å². The van der Waals surface area contributed by atoms with Crippen LogP contribution in [0.25, 0.3) is 4.91 Å². The Morgan fingerprint density at radius 1 is 0.730 bits per heavy atom. The topological polar surface area (TPSA) is 18.5 Å². The first-order valence-electron chi connectivity index (χ1n) is 12.8. The number of hydrogen-bond donors (Lipinski definition) is 0. The van der Waals surface area contributed by atoms with Gasteiger partial charge in [-0.2, -0.15) is 0 Å². The van der Waals surface area contributed by atoms with E-state index in [1.54, 1.807) is 14.2 Å². The predicted octanol–water partition coefficient (Wildman–Crippen LogP) is 8.45. The number of aryl methyl sites for hydroxylation is 2. The summed E-state index contributed by atoms with van der Waals surface area (Å²) in [5, 5.41) is 0. The second kappa shape index (κ2) is 14.9. The van der Waals surface area contributed by atoms with Gasteiger partial charge in [-0.25, -0.2) is 0 Å². The maximum Gasteiger partial charge on any atom is 0.118 e. The molecular formula is C34H36O2S. The summed E-state index contributed by atoms with van der Waals surface area (Å²) in [6.45, 7) is 6.46. The van der Waals surface area contributed by atoms with Gasteiger partial charge in [0, 0.05) is 16.0 Å².